The van der Waals surface area contributed by atoms with E-state index in [1.54, 1.807) is 0 Å². The highest BCUT2D eigenvalue weighted by Gasteiger charge is 2.08. The van der Waals surface area contributed by atoms with Gasteiger partial charge in [-0.1, -0.05) is 0 Å². The van der Waals surface area contributed by atoms with Gasteiger partial charge in [-0.2, -0.15) is 0 Å². The molecule has 4 nitrogen and oxygen atoms in total. The zero-order chi connectivity index (χ0) is 12.3. The number of hydrogen-bond acceptors (Lipinski definition) is 4. The molecule has 2 N–H and O–H groups in total. The van der Waals surface area contributed by atoms with Crippen LogP contribution in [-0.2, 0) is 9.84 Å². The molecule has 0 saturated heterocycles. The Morgan fingerprint density at radius 2 is 2.00 bits per heavy atom. The van der Waals surface area contributed by atoms with Gasteiger partial charge in [-0.15, -0.1) is 0 Å². The fraction of sp³-hybridized carbons (Fsp3) is 0.455. The summed E-state index contributed by atoms with van der Waals surface area (Å²) in [6, 6.07) is 5.61. The predicted octanol–water partition coefficient (Wildman–Crippen LogP) is 1.06. The largest absolute Gasteiger partial charge is 0.399 e. The molecule has 1 aromatic carbocycles. The summed E-state index contributed by atoms with van der Waals surface area (Å²) in [6.07, 6.45) is 1.25. The van der Waals surface area contributed by atoms with Crippen molar-refractivity contribution < 1.29 is 8.42 Å². The smallest absolute Gasteiger partial charge is 0.149 e. The third-order valence-electron chi connectivity index (χ3n) is 2.43. The van der Waals surface area contributed by atoms with E-state index in [1.165, 1.54) is 6.26 Å². The molecule has 0 spiro atoms. The zero-order valence-corrected chi connectivity index (χ0v) is 10.7. The SMILES string of the molecule is Cc1cc(N)ccc1N(C)CCS(C)(=O)=O. The van der Waals surface area contributed by atoms with Crippen molar-refractivity contribution in [2.75, 3.05) is 36.2 Å². The van der Waals surface area contributed by atoms with Crippen molar-refractivity contribution in [1.82, 2.24) is 0 Å². The second kappa shape index (κ2) is 4.74. The highest BCUT2D eigenvalue weighted by molar-refractivity contribution is 7.90. The van der Waals surface area contributed by atoms with Gasteiger partial charge in [0.15, 0.2) is 0 Å². The average molecular weight is 242 g/mol. The molecule has 0 unspecified atom stereocenters. The van der Waals surface area contributed by atoms with Crippen LogP contribution in [0.25, 0.3) is 0 Å². The van der Waals surface area contributed by atoms with Gasteiger partial charge in [0, 0.05) is 31.2 Å². The van der Waals surface area contributed by atoms with Gasteiger partial charge >= 0.3 is 0 Å². The standard InChI is InChI=1S/C11H18N2O2S/c1-9-8-10(12)4-5-11(9)13(2)6-7-16(3,14)15/h4-5,8H,6-7,12H2,1-3H3. The van der Waals surface area contributed by atoms with Crippen LogP contribution in [0.15, 0.2) is 18.2 Å². The van der Waals surface area contributed by atoms with Crippen LogP contribution in [0.2, 0.25) is 0 Å². The monoisotopic (exact) mass is 242 g/mol. The van der Waals surface area contributed by atoms with Crippen LogP contribution in [0, 0.1) is 6.92 Å². The molecule has 1 rings (SSSR count). The van der Waals surface area contributed by atoms with Crippen LogP contribution in [0.3, 0.4) is 0 Å². The van der Waals surface area contributed by atoms with E-state index in [-0.39, 0.29) is 5.75 Å². The first kappa shape index (κ1) is 12.8. The van der Waals surface area contributed by atoms with Crippen LogP contribution in [0.1, 0.15) is 5.56 Å². The Hall–Kier alpha value is -1.23. The van der Waals surface area contributed by atoms with Crippen molar-refractivity contribution in [1.29, 1.82) is 0 Å². The maximum absolute atomic E-state index is 11.1. The lowest BCUT2D eigenvalue weighted by Gasteiger charge is -2.21. The molecular weight excluding hydrogens is 224 g/mol. The van der Waals surface area contributed by atoms with Gasteiger partial charge in [-0.25, -0.2) is 8.42 Å². The van der Waals surface area contributed by atoms with Gasteiger partial charge in [0.1, 0.15) is 9.84 Å². The number of nitrogens with zero attached hydrogens (tertiary/aromatic N) is 1. The van der Waals surface area contributed by atoms with Gasteiger partial charge in [0.05, 0.1) is 5.75 Å². The number of nitrogens with two attached hydrogens (primary N) is 1. The topological polar surface area (TPSA) is 63.4 Å². The minimum atomic E-state index is -2.91. The van der Waals surface area contributed by atoms with Gasteiger partial charge in [0.25, 0.3) is 0 Å². The number of nitrogen functional groups attached to an aromatic ring is 1. The molecule has 16 heavy (non-hydrogen) atoms. The first-order valence-electron chi connectivity index (χ1n) is 5.04. The number of hydrogen-bond donors (Lipinski definition) is 1. The Bertz CT molecular complexity index is 469. The molecule has 0 radical (unpaired) electrons. The lowest BCUT2D eigenvalue weighted by atomic mass is 10.1. The summed E-state index contributed by atoms with van der Waals surface area (Å²) < 4.78 is 22.1. The van der Waals surface area contributed by atoms with Crippen molar-refractivity contribution in [2.45, 2.75) is 6.92 Å². The third-order valence-corrected chi connectivity index (χ3v) is 3.35. The van der Waals surface area contributed by atoms with E-state index >= 15 is 0 Å². The molecule has 0 atom stereocenters. The molecule has 0 aromatic heterocycles. The number of anilines is 2. The molecule has 5 heteroatoms. The Balaban J connectivity index is 2.77. The van der Waals surface area contributed by atoms with Crippen LogP contribution in [-0.4, -0.2) is 34.0 Å². The fourth-order valence-corrected chi connectivity index (χ4v) is 2.14. The summed E-state index contributed by atoms with van der Waals surface area (Å²) in [5, 5.41) is 0. The molecule has 0 fully saturated rings. The van der Waals surface area contributed by atoms with Crippen molar-refractivity contribution >= 4 is 21.2 Å². The quantitative estimate of drug-likeness (QED) is 0.802. The fourth-order valence-electron chi connectivity index (χ4n) is 1.53. The van der Waals surface area contributed by atoms with Crippen molar-refractivity contribution in [3.63, 3.8) is 0 Å². The number of aryl methyl sites for hydroxylation is 1. The number of rotatable bonds is 4. The molecule has 0 aliphatic rings. The minimum absolute atomic E-state index is 0.160. The molecule has 0 amide bonds. The number of benzene rings is 1. The van der Waals surface area contributed by atoms with Crippen LogP contribution >= 0.6 is 0 Å². The van der Waals surface area contributed by atoms with Gasteiger partial charge < -0.3 is 10.6 Å². The highest BCUT2D eigenvalue weighted by atomic mass is 32.2. The van der Waals surface area contributed by atoms with E-state index in [0.29, 0.717) is 6.54 Å². The van der Waals surface area contributed by atoms with Crippen LogP contribution in [0.5, 0.6) is 0 Å². The van der Waals surface area contributed by atoms with Gasteiger partial charge in [0.2, 0.25) is 0 Å². The van der Waals surface area contributed by atoms with Crippen LogP contribution in [0.4, 0.5) is 11.4 Å². The Morgan fingerprint density at radius 1 is 1.38 bits per heavy atom. The molecular formula is C11H18N2O2S. The maximum Gasteiger partial charge on any atom is 0.149 e. The van der Waals surface area contributed by atoms with Gasteiger partial charge in [-0.3, -0.25) is 0 Å². The summed E-state index contributed by atoms with van der Waals surface area (Å²) in [4.78, 5) is 1.93. The molecule has 90 valence electrons. The third kappa shape index (κ3) is 3.73. The van der Waals surface area contributed by atoms with Crippen molar-refractivity contribution in [3.05, 3.63) is 23.8 Å². The molecule has 0 bridgehead atoms. The summed E-state index contributed by atoms with van der Waals surface area (Å²) in [5.41, 5.74) is 8.44. The summed E-state index contributed by atoms with van der Waals surface area (Å²) >= 11 is 0. The first-order valence-corrected chi connectivity index (χ1v) is 7.10. The van der Waals surface area contributed by atoms with E-state index in [2.05, 4.69) is 0 Å². The normalized spacial score (nSPS) is 11.4. The minimum Gasteiger partial charge on any atom is -0.399 e. The summed E-state index contributed by atoms with van der Waals surface area (Å²) in [6.45, 7) is 2.45. The second-order valence-corrected chi connectivity index (χ2v) is 6.36. The zero-order valence-electron chi connectivity index (χ0n) is 9.90. The molecule has 0 aliphatic heterocycles. The Labute approximate surface area is 97.0 Å². The maximum atomic E-state index is 11.1. The van der Waals surface area contributed by atoms with E-state index in [9.17, 15) is 8.42 Å². The average Bonchev–Trinajstić information content (AvgIpc) is 2.13. The molecule has 0 saturated carbocycles. The Kier molecular flexibility index (Phi) is 3.80. The summed E-state index contributed by atoms with van der Waals surface area (Å²) in [7, 11) is -1.04. The van der Waals surface area contributed by atoms with Crippen LogP contribution < -0.4 is 10.6 Å². The van der Waals surface area contributed by atoms with Gasteiger partial charge in [-0.05, 0) is 30.7 Å². The lowest BCUT2D eigenvalue weighted by Crippen LogP contribution is -2.25. The second-order valence-electron chi connectivity index (χ2n) is 4.10. The lowest BCUT2D eigenvalue weighted by molar-refractivity contribution is 0.601. The first-order chi connectivity index (χ1) is 7.29. The van der Waals surface area contributed by atoms with Crippen molar-refractivity contribution in [3.8, 4) is 0 Å². The van der Waals surface area contributed by atoms with E-state index in [0.717, 1.165) is 16.9 Å². The van der Waals surface area contributed by atoms with E-state index in [1.807, 2.05) is 37.1 Å². The predicted molar refractivity (Wildman–Crippen MR) is 68.6 cm³/mol. The van der Waals surface area contributed by atoms with E-state index in [4.69, 9.17) is 5.73 Å². The molecule has 0 heterocycles. The Morgan fingerprint density at radius 3 is 2.50 bits per heavy atom. The molecule has 1 aromatic rings. The summed E-state index contributed by atoms with van der Waals surface area (Å²) in [5.74, 6) is 0.160. The number of sulfone groups is 1. The highest BCUT2D eigenvalue weighted by Crippen LogP contribution is 2.20. The van der Waals surface area contributed by atoms with E-state index < -0.39 is 9.84 Å². The van der Waals surface area contributed by atoms with Crippen molar-refractivity contribution in [2.24, 2.45) is 0 Å². The molecule has 0 aliphatic carbocycles.